The van der Waals surface area contributed by atoms with E-state index in [0.29, 0.717) is 18.3 Å². The molecule has 0 amide bonds. The largest absolute Gasteiger partial charge is 0.476 e. The number of rotatable bonds is 8. The number of nitrogens with one attached hydrogen (secondary N) is 1. The van der Waals surface area contributed by atoms with Gasteiger partial charge >= 0.3 is 0 Å². The Morgan fingerprint density at radius 2 is 1.97 bits per heavy atom. The fourth-order valence-corrected chi connectivity index (χ4v) is 4.98. The fraction of sp³-hybridized carbons (Fsp3) is 0.321. The second-order valence-electron chi connectivity index (χ2n) is 9.52. The van der Waals surface area contributed by atoms with Crippen LogP contribution in [0, 0.1) is 0 Å². The minimum Gasteiger partial charge on any atom is -0.476 e. The van der Waals surface area contributed by atoms with E-state index in [0.717, 1.165) is 58.3 Å². The Morgan fingerprint density at radius 1 is 1.08 bits per heavy atom. The third kappa shape index (κ3) is 4.82. The number of anilines is 1. The van der Waals surface area contributed by atoms with Gasteiger partial charge in [0.2, 0.25) is 5.88 Å². The number of fused-ring (bicyclic) bond motifs is 2. The molecular formula is C28H30N8O. The standard InChI is InChI=1S/C28H30N8O/c1-19(33-27-26-23(30-18-31-27)9-6-10-29-26)24-15-20-7-5-8-22(21-16-32-35(2)17-21)25(20)28(34-24)37-14-13-36-11-3-4-12-36/h5-10,15-19H,3-4,11-14H2,1-2H3,(H,30,31,33)/t19-/m0/s1. The summed E-state index contributed by atoms with van der Waals surface area (Å²) in [6, 6.07) is 12.1. The maximum absolute atomic E-state index is 6.42. The second-order valence-corrected chi connectivity index (χ2v) is 9.52. The van der Waals surface area contributed by atoms with E-state index in [-0.39, 0.29) is 6.04 Å². The first-order valence-corrected chi connectivity index (χ1v) is 12.8. The van der Waals surface area contributed by atoms with Crippen molar-refractivity contribution >= 4 is 27.6 Å². The molecular weight excluding hydrogens is 464 g/mol. The zero-order valence-corrected chi connectivity index (χ0v) is 21.1. The molecule has 0 aliphatic carbocycles. The van der Waals surface area contributed by atoms with Gasteiger partial charge in [-0.2, -0.15) is 5.10 Å². The summed E-state index contributed by atoms with van der Waals surface area (Å²) in [5, 5.41) is 9.95. The molecule has 0 bridgehead atoms. The molecule has 9 heteroatoms. The van der Waals surface area contributed by atoms with Gasteiger partial charge in [0.05, 0.1) is 28.8 Å². The maximum Gasteiger partial charge on any atom is 0.222 e. The molecule has 1 saturated heterocycles. The van der Waals surface area contributed by atoms with E-state index in [1.165, 1.54) is 12.8 Å². The summed E-state index contributed by atoms with van der Waals surface area (Å²) in [5.74, 6) is 1.33. The van der Waals surface area contributed by atoms with Crippen molar-refractivity contribution in [3.05, 3.63) is 67.0 Å². The molecule has 5 aromatic rings. The molecule has 5 heterocycles. The molecule has 1 fully saturated rings. The van der Waals surface area contributed by atoms with E-state index < -0.39 is 0 Å². The number of hydrogen-bond donors (Lipinski definition) is 1. The van der Waals surface area contributed by atoms with Gasteiger partial charge in [-0.05, 0) is 62.0 Å². The summed E-state index contributed by atoms with van der Waals surface area (Å²) in [6.07, 6.45) is 9.74. The Hall–Kier alpha value is -4.11. The van der Waals surface area contributed by atoms with Crippen LogP contribution in [-0.4, -0.2) is 60.9 Å². The molecule has 0 unspecified atom stereocenters. The summed E-state index contributed by atoms with van der Waals surface area (Å²) in [7, 11) is 1.93. The van der Waals surface area contributed by atoms with Gasteiger partial charge in [0, 0.05) is 31.5 Å². The van der Waals surface area contributed by atoms with Crippen molar-refractivity contribution in [1.29, 1.82) is 0 Å². The average Bonchev–Trinajstić information content (AvgIpc) is 3.60. The molecule has 1 N–H and O–H groups in total. The zero-order chi connectivity index (χ0) is 25.2. The predicted octanol–water partition coefficient (Wildman–Crippen LogP) is 4.62. The molecule has 1 aromatic carbocycles. The van der Waals surface area contributed by atoms with Gasteiger partial charge in [-0.1, -0.05) is 18.2 Å². The van der Waals surface area contributed by atoms with Gasteiger partial charge < -0.3 is 10.1 Å². The molecule has 0 saturated carbocycles. The van der Waals surface area contributed by atoms with Crippen LogP contribution in [0.25, 0.3) is 32.9 Å². The first kappa shape index (κ1) is 23.3. The Kier molecular flexibility index (Phi) is 6.36. The summed E-state index contributed by atoms with van der Waals surface area (Å²) >= 11 is 0. The molecule has 1 aliphatic rings. The van der Waals surface area contributed by atoms with Crippen molar-refractivity contribution < 1.29 is 4.74 Å². The highest BCUT2D eigenvalue weighted by Crippen LogP contribution is 2.36. The van der Waals surface area contributed by atoms with Crippen LogP contribution in [0.4, 0.5) is 5.82 Å². The van der Waals surface area contributed by atoms with Gasteiger partial charge in [0.15, 0.2) is 5.82 Å². The van der Waals surface area contributed by atoms with Crippen molar-refractivity contribution in [2.45, 2.75) is 25.8 Å². The topological polar surface area (TPSA) is 93.9 Å². The maximum atomic E-state index is 6.42. The molecule has 0 radical (unpaired) electrons. The highest BCUT2D eigenvalue weighted by molar-refractivity contribution is 6.00. The number of hydrogen-bond acceptors (Lipinski definition) is 8. The monoisotopic (exact) mass is 494 g/mol. The van der Waals surface area contributed by atoms with Crippen molar-refractivity contribution in [1.82, 2.24) is 34.6 Å². The lowest BCUT2D eigenvalue weighted by Crippen LogP contribution is -2.25. The summed E-state index contributed by atoms with van der Waals surface area (Å²) in [6.45, 7) is 5.84. The van der Waals surface area contributed by atoms with Crippen LogP contribution < -0.4 is 10.1 Å². The number of aryl methyl sites for hydroxylation is 1. The Balaban J connectivity index is 1.37. The smallest absolute Gasteiger partial charge is 0.222 e. The quantitative estimate of drug-likeness (QED) is 0.334. The van der Waals surface area contributed by atoms with Crippen LogP contribution in [0.5, 0.6) is 5.88 Å². The fourth-order valence-electron chi connectivity index (χ4n) is 4.98. The third-order valence-corrected chi connectivity index (χ3v) is 6.90. The minimum atomic E-state index is -0.132. The van der Waals surface area contributed by atoms with E-state index in [1.54, 1.807) is 12.5 Å². The third-order valence-electron chi connectivity index (χ3n) is 6.90. The molecule has 9 nitrogen and oxygen atoms in total. The van der Waals surface area contributed by atoms with Crippen LogP contribution in [0.2, 0.25) is 0 Å². The number of likely N-dealkylation sites (tertiary alicyclic amines) is 1. The normalized spacial score (nSPS) is 14.9. The highest BCUT2D eigenvalue weighted by Gasteiger charge is 2.19. The molecule has 1 atom stereocenters. The van der Waals surface area contributed by atoms with Crippen molar-refractivity contribution in [3.63, 3.8) is 0 Å². The van der Waals surface area contributed by atoms with E-state index in [4.69, 9.17) is 9.72 Å². The van der Waals surface area contributed by atoms with Crippen LogP contribution in [0.1, 0.15) is 31.5 Å². The van der Waals surface area contributed by atoms with E-state index >= 15 is 0 Å². The number of pyridine rings is 2. The van der Waals surface area contributed by atoms with Gasteiger partial charge in [0.1, 0.15) is 18.5 Å². The van der Waals surface area contributed by atoms with Gasteiger partial charge in [-0.15, -0.1) is 0 Å². The van der Waals surface area contributed by atoms with Crippen molar-refractivity contribution in [2.75, 3.05) is 31.6 Å². The number of aromatic nitrogens is 6. The lowest BCUT2D eigenvalue weighted by Gasteiger charge is -2.19. The van der Waals surface area contributed by atoms with Gasteiger partial charge in [-0.25, -0.2) is 15.0 Å². The van der Waals surface area contributed by atoms with Crippen LogP contribution in [0.3, 0.4) is 0 Å². The van der Waals surface area contributed by atoms with Crippen LogP contribution in [-0.2, 0) is 7.05 Å². The molecule has 4 aromatic heterocycles. The summed E-state index contributed by atoms with van der Waals surface area (Å²) in [4.78, 5) is 20.7. The zero-order valence-electron chi connectivity index (χ0n) is 21.1. The first-order valence-electron chi connectivity index (χ1n) is 12.8. The van der Waals surface area contributed by atoms with Crippen molar-refractivity contribution in [2.24, 2.45) is 7.05 Å². The SMILES string of the molecule is C[C@H](Nc1ncnc2cccnc12)c1cc2cccc(-c3cnn(C)c3)c2c(OCCN2CCCC2)n1. The van der Waals surface area contributed by atoms with Gasteiger partial charge in [0.25, 0.3) is 0 Å². The molecule has 37 heavy (non-hydrogen) atoms. The summed E-state index contributed by atoms with van der Waals surface area (Å²) < 4.78 is 8.23. The lowest BCUT2D eigenvalue weighted by molar-refractivity contribution is 0.233. The van der Waals surface area contributed by atoms with Gasteiger partial charge in [-0.3, -0.25) is 14.6 Å². The Labute approximate surface area is 215 Å². The predicted molar refractivity (Wildman–Crippen MR) is 144 cm³/mol. The molecule has 188 valence electrons. The van der Waals surface area contributed by atoms with E-state index in [1.807, 2.05) is 36.3 Å². The van der Waals surface area contributed by atoms with E-state index in [2.05, 4.69) is 61.5 Å². The molecule has 6 rings (SSSR count). The summed E-state index contributed by atoms with van der Waals surface area (Å²) in [5.41, 5.74) is 4.50. The van der Waals surface area contributed by atoms with Crippen molar-refractivity contribution in [3.8, 4) is 17.0 Å². The second kappa shape index (κ2) is 10.1. The number of benzene rings is 1. The number of ether oxygens (including phenoxy) is 1. The minimum absolute atomic E-state index is 0.132. The molecule has 0 spiro atoms. The van der Waals surface area contributed by atoms with Crippen LogP contribution >= 0.6 is 0 Å². The Bertz CT molecular complexity index is 1540. The highest BCUT2D eigenvalue weighted by atomic mass is 16.5. The first-order chi connectivity index (χ1) is 18.2. The Morgan fingerprint density at radius 3 is 2.81 bits per heavy atom. The number of nitrogens with zero attached hydrogens (tertiary/aromatic N) is 7. The van der Waals surface area contributed by atoms with E-state index in [9.17, 15) is 0 Å². The average molecular weight is 495 g/mol. The molecule has 1 aliphatic heterocycles. The lowest BCUT2D eigenvalue weighted by atomic mass is 10.00. The van der Waals surface area contributed by atoms with Crippen LogP contribution in [0.15, 0.2) is 61.3 Å².